The predicted octanol–water partition coefficient (Wildman–Crippen LogP) is -1.68. The van der Waals surface area contributed by atoms with Crippen molar-refractivity contribution in [1.29, 1.82) is 0 Å². The molecule has 114 valence electrons. The molecule has 20 heavy (non-hydrogen) atoms. The largest absolute Gasteiger partial charge is 0.508 e. The minimum absolute atomic E-state index is 0.0258. The monoisotopic (exact) mass is 288 g/mol. The highest BCUT2D eigenvalue weighted by molar-refractivity contribution is 5.56. The van der Waals surface area contributed by atoms with Crippen LogP contribution < -0.4 is 0 Å². The van der Waals surface area contributed by atoms with Crippen LogP contribution in [0.4, 0.5) is 0 Å². The first-order valence-corrected chi connectivity index (χ1v) is 5.87. The Morgan fingerprint density at radius 2 is 1.55 bits per heavy atom. The number of phenols is 1. The molecule has 0 radical (unpaired) electrons. The summed E-state index contributed by atoms with van der Waals surface area (Å²) in [6.45, 7) is 1.23. The van der Waals surface area contributed by atoms with Gasteiger partial charge in [0.05, 0.1) is 6.61 Å². The highest BCUT2D eigenvalue weighted by Crippen LogP contribution is 2.07. The van der Waals surface area contributed by atoms with Gasteiger partial charge < -0.3 is 35.4 Å². The lowest BCUT2D eigenvalue weighted by molar-refractivity contribution is -0.136. The molecule has 7 heteroatoms. The number of aliphatic hydroxyl groups is 5. The van der Waals surface area contributed by atoms with E-state index in [4.69, 9.17) is 30.6 Å². The van der Waals surface area contributed by atoms with Gasteiger partial charge in [-0.2, -0.15) is 0 Å². The zero-order valence-corrected chi connectivity index (χ0v) is 11.0. The highest BCUT2D eigenvalue weighted by Gasteiger charge is 2.29. The zero-order chi connectivity index (χ0) is 15.7. The van der Waals surface area contributed by atoms with Crippen LogP contribution in [0.2, 0.25) is 0 Å². The minimum Gasteiger partial charge on any atom is -0.508 e. The Bertz CT molecular complexity index is 358. The number of aliphatic hydroxyl groups excluding tert-OH is 5. The molecule has 1 aromatic rings. The van der Waals surface area contributed by atoms with E-state index in [0.717, 1.165) is 0 Å². The third kappa shape index (κ3) is 6.60. The van der Waals surface area contributed by atoms with Crippen LogP contribution in [0.1, 0.15) is 5.56 Å². The average Bonchev–Trinajstić information content (AvgIpc) is 2.47. The van der Waals surface area contributed by atoms with Gasteiger partial charge in [0.1, 0.15) is 30.2 Å². The average molecular weight is 288 g/mol. The van der Waals surface area contributed by atoms with E-state index in [0.29, 0.717) is 5.75 Å². The third-order valence-electron chi connectivity index (χ3n) is 2.45. The van der Waals surface area contributed by atoms with Crippen LogP contribution in [0.5, 0.6) is 5.75 Å². The van der Waals surface area contributed by atoms with Gasteiger partial charge in [-0.1, -0.05) is 17.7 Å². The summed E-state index contributed by atoms with van der Waals surface area (Å²) >= 11 is 0. The number of aryl methyl sites for hydroxylation is 1. The lowest BCUT2D eigenvalue weighted by Crippen LogP contribution is -2.46. The van der Waals surface area contributed by atoms with E-state index in [9.17, 15) is 4.79 Å². The molecule has 0 heterocycles. The van der Waals surface area contributed by atoms with Crippen molar-refractivity contribution in [2.24, 2.45) is 0 Å². The normalized spacial score (nSPS) is 16.3. The van der Waals surface area contributed by atoms with Crippen molar-refractivity contribution in [1.82, 2.24) is 0 Å². The maximum atomic E-state index is 9.90. The maximum absolute atomic E-state index is 9.90. The number of rotatable bonds is 5. The molecule has 0 aliphatic rings. The summed E-state index contributed by atoms with van der Waals surface area (Å²) < 4.78 is 0. The van der Waals surface area contributed by atoms with Crippen LogP contribution >= 0.6 is 0 Å². The van der Waals surface area contributed by atoms with Crippen molar-refractivity contribution in [3.05, 3.63) is 29.8 Å². The van der Waals surface area contributed by atoms with Gasteiger partial charge in [-0.3, -0.25) is 0 Å². The number of carbonyl (C=O) groups excluding carboxylic acids is 1. The van der Waals surface area contributed by atoms with Crippen LogP contribution in [0.3, 0.4) is 0 Å². The van der Waals surface area contributed by atoms with Gasteiger partial charge in [0.15, 0.2) is 6.29 Å². The Kier molecular flexibility index (Phi) is 8.69. The van der Waals surface area contributed by atoms with Gasteiger partial charge in [-0.15, -0.1) is 0 Å². The molecule has 0 saturated heterocycles. The summed E-state index contributed by atoms with van der Waals surface area (Å²) in [6, 6.07) is 7.09. The Balaban J connectivity index is 0.000000388. The van der Waals surface area contributed by atoms with E-state index in [1.807, 2.05) is 19.1 Å². The van der Waals surface area contributed by atoms with Crippen molar-refractivity contribution in [3.63, 3.8) is 0 Å². The van der Waals surface area contributed by atoms with Crippen LogP contribution in [0, 0.1) is 6.92 Å². The lowest BCUT2D eigenvalue weighted by Gasteiger charge is -2.22. The fourth-order valence-corrected chi connectivity index (χ4v) is 1.16. The summed E-state index contributed by atoms with van der Waals surface area (Å²) in [6.07, 6.45) is -6.84. The molecular formula is C13H20O7. The van der Waals surface area contributed by atoms with Crippen molar-refractivity contribution < 1.29 is 35.4 Å². The molecule has 0 bridgehead atoms. The van der Waals surface area contributed by atoms with E-state index in [1.165, 1.54) is 5.56 Å². The molecule has 4 atom stereocenters. The molecule has 0 amide bonds. The third-order valence-corrected chi connectivity index (χ3v) is 2.45. The Labute approximate surface area is 116 Å². The van der Waals surface area contributed by atoms with Crippen molar-refractivity contribution in [3.8, 4) is 5.75 Å². The zero-order valence-electron chi connectivity index (χ0n) is 11.0. The van der Waals surface area contributed by atoms with Gasteiger partial charge in [0.2, 0.25) is 0 Å². The second-order valence-corrected chi connectivity index (χ2v) is 4.19. The smallest absolute Gasteiger partial charge is 0.151 e. The standard InChI is InChI=1S/C7H8O.C6H12O6/c1-6-2-4-7(8)5-3-6;7-1-3(9)5(11)6(12)4(10)2-8/h2-5,8H,1H3;1,3-6,8-12H,2H2. The first-order chi connectivity index (χ1) is 9.33. The van der Waals surface area contributed by atoms with Gasteiger partial charge in [0.25, 0.3) is 0 Å². The summed E-state index contributed by atoms with van der Waals surface area (Å²) in [5.41, 5.74) is 1.17. The van der Waals surface area contributed by atoms with E-state index in [1.54, 1.807) is 12.1 Å². The first-order valence-electron chi connectivity index (χ1n) is 5.87. The second-order valence-electron chi connectivity index (χ2n) is 4.19. The molecule has 4 unspecified atom stereocenters. The quantitative estimate of drug-likeness (QED) is 0.356. The van der Waals surface area contributed by atoms with E-state index in [-0.39, 0.29) is 6.29 Å². The van der Waals surface area contributed by atoms with Crippen molar-refractivity contribution in [2.75, 3.05) is 6.61 Å². The second kappa shape index (κ2) is 9.40. The van der Waals surface area contributed by atoms with E-state index < -0.39 is 31.0 Å². The summed E-state index contributed by atoms with van der Waals surface area (Å²) in [7, 11) is 0. The van der Waals surface area contributed by atoms with E-state index >= 15 is 0 Å². The number of benzene rings is 1. The molecule has 0 fully saturated rings. The Morgan fingerprint density at radius 1 is 1.05 bits per heavy atom. The molecular weight excluding hydrogens is 268 g/mol. The maximum Gasteiger partial charge on any atom is 0.151 e. The number of phenolic OH excluding ortho intramolecular Hbond substituents is 1. The molecule has 7 nitrogen and oxygen atoms in total. The molecule has 0 aliphatic carbocycles. The SMILES string of the molecule is Cc1ccc(O)cc1.O=CC(O)C(O)C(O)C(O)CO. The van der Waals surface area contributed by atoms with Crippen molar-refractivity contribution in [2.45, 2.75) is 31.3 Å². The highest BCUT2D eigenvalue weighted by atomic mass is 16.4. The lowest BCUT2D eigenvalue weighted by atomic mass is 10.0. The van der Waals surface area contributed by atoms with Gasteiger partial charge in [-0.05, 0) is 19.1 Å². The number of hydrogen-bond acceptors (Lipinski definition) is 7. The summed E-state index contributed by atoms with van der Waals surface area (Å²) in [4.78, 5) is 9.90. The predicted molar refractivity (Wildman–Crippen MR) is 70.0 cm³/mol. The number of hydrogen-bond donors (Lipinski definition) is 6. The fourth-order valence-electron chi connectivity index (χ4n) is 1.16. The topological polar surface area (TPSA) is 138 Å². The number of carbonyl (C=O) groups is 1. The molecule has 6 N–H and O–H groups in total. The molecule has 0 spiro atoms. The fraction of sp³-hybridized carbons (Fsp3) is 0.462. The summed E-state index contributed by atoms with van der Waals surface area (Å²) in [5, 5.41) is 52.3. The van der Waals surface area contributed by atoms with Crippen LogP contribution in [-0.4, -0.2) is 67.9 Å². The van der Waals surface area contributed by atoms with Crippen LogP contribution in [0.25, 0.3) is 0 Å². The number of aromatic hydroxyl groups is 1. The molecule has 1 aromatic carbocycles. The minimum atomic E-state index is -1.79. The number of aldehydes is 1. The molecule has 0 aromatic heterocycles. The van der Waals surface area contributed by atoms with Crippen LogP contribution in [-0.2, 0) is 4.79 Å². The Hall–Kier alpha value is -1.51. The Morgan fingerprint density at radius 3 is 1.90 bits per heavy atom. The van der Waals surface area contributed by atoms with Crippen molar-refractivity contribution >= 4 is 6.29 Å². The first kappa shape index (κ1) is 18.5. The molecule has 1 rings (SSSR count). The summed E-state index contributed by atoms with van der Waals surface area (Å²) in [5.74, 6) is 0.329. The van der Waals surface area contributed by atoms with Gasteiger partial charge in [0, 0.05) is 0 Å². The van der Waals surface area contributed by atoms with E-state index in [2.05, 4.69) is 0 Å². The van der Waals surface area contributed by atoms with Gasteiger partial charge >= 0.3 is 0 Å². The van der Waals surface area contributed by atoms with Crippen LogP contribution in [0.15, 0.2) is 24.3 Å². The molecule has 0 saturated carbocycles. The van der Waals surface area contributed by atoms with Gasteiger partial charge in [-0.25, -0.2) is 0 Å². The molecule has 0 aliphatic heterocycles.